The maximum absolute atomic E-state index is 12.9. The van der Waals surface area contributed by atoms with E-state index in [0.717, 1.165) is 23.5 Å². The fraction of sp³-hybridized carbons (Fsp3) is 0.154. The topological polar surface area (TPSA) is 38.8 Å². The molecule has 7 heteroatoms. The average molecular weight is 496 g/mol. The second-order valence-electron chi connectivity index (χ2n) is 7.43. The third-order valence-electron chi connectivity index (χ3n) is 4.87. The van der Waals surface area contributed by atoms with Gasteiger partial charge in [-0.2, -0.15) is 0 Å². The van der Waals surface area contributed by atoms with Gasteiger partial charge in [0.15, 0.2) is 4.32 Å². The lowest BCUT2D eigenvalue weighted by Gasteiger charge is -2.14. The molecule has 1 saturated heterocycles. The second-order valence-corrected chi connectivity index (χ2v) is 9.54. The van der Waals surface area contributed by atoms with E-state index >= 15 is 0 Å². The van der Waals surface area contributed by atoms with Crippen LogP contribution in [-0.4, -0.2) is 23.4 Å². The van der Waals surface area contributed by atoms with Crippen LogP contribution in [0.4, 0.5) is 5.69 Å². The summed E-state index contributed by atoms with van der Waals surface area (Å²) in [6.07, 6.45) is 2.62. The Labute approximate surface area is 208 Å². The number of amides is 1. The number of ether oxygens (including phenoxy) is 2. The molecule has 168 valence electrons. The second kappa shape index (κ2) is 10.9. The summed E-state index contributed by atoms with van der Waals surface area (Å²) in [6.45, 7) is 3.20. The highest BCUT2D eigenvalue weighted by Gasteiger charge is 2.33. The smallest absolute Gasteiger partial charge is 0.270 e. The van der Waals surface area contributed by atoms with Gasteiger partial charge in [-0.05, 0) is 72.7 Å². The summed E-state index contributed by atoms with van der Waals surface area (Å²) in [5.41, 5.74) is 2.79. The molecular formula is C26H22ClNO3S2. The molecule has 1 aliphatic heterocycles. The lowest BCUT2D eigenvalue weighted by molar-refractivity contribution is -0.113. The third kappa shape index (κ3) is 6.16. The minimum absolute atomic E-state index is 0.138. The Morgan fingerprint density at radius 3 is 2.36 bits per heavy atom. The minimum Gasteiger partial charge on any atom is -0.493 e. The van der Waals surface area contributed by atoms with Gasteiger partial charge in [-0.25, -0.2) is 0 Å². The van der Waals surface area contributed by atoms with Crippen molar-refractivity contribution in [1.29, 1.82) is 0 Å². The van der Waals surface area contributed by atoms with Crippen LogP contribution < -0.4 is 14.4 Å². The monoisotopic (exact) mass is 495 g/mol. The molecule has 1 aliphatic rings. The van der Waals surface area contributed by atoms with Gasteiger partial charge >= 0.3 is 0 Å². The Morgan fingerprint density at radius 2 is 1.67 bits per heavy atom. The molecule has 0 bridgehead atoms. The van der Waals surface area contributed by atoms with E-state index in [2.05, 4.69) is 0 Å². The van der Waals surface area contributed by atoms with Crippen molar-refractivity contribution in [2.45, 2.75) is 13.3 Å². The number of thiocarbonyl (C=S) groups is 1. The summed E-state index contributed by atoms with van der Waals surface area (Å²) >= 11 is 12.7. The van der Waals surface area contributed by atoms with Crippen molar-refractivity contribution in [3.63, 3.8) is 0 Å². The van der Waals surface area contributed by atoms with E-state index in [1.54, 1.807) is 24.3 Å². The van der Waals surface area contributed by atoms with Crippen LogP contribution in [0, 0.1) is 6.92 Å². The van der Waals surface area contributed by atoms with Crippen molar-refractivity contribution in [1.82, 2.24) is 0 Å². The molecule has 0 spiro atoms. The van der Waals surface area contributed by atoms with E-state index in [-0.39, 0.29) is 5.91 Å². The number of hydrogen-bond acceptors (Lipinski definition) is 5. The van der Waals surface area contributed by atoms with Crippen molar-refractivity contribution in [2.75, 3.05) is 18.1 Å². The number of aryl methyl sites for hydroxylation is 1. The summed E-state index contributed by atoms with van der Waals surface area (Å²) in [4.78, 5) is 15.0. The molecule has 0 saturated carbocycles. The van der Waals surface area contributed by atoms with Gasteiger partial charge < -0.3 is 9.47 Å². The highest BCUT2D eigenvalue weighted by molar-refractivity contribution is 8.27. The zero-order valence-electron chi connectivity index (χ0n) is 18.0. The quantitative estimate of drug-likeness (QED) is 0.193. The standard InChI is InChI=1S/C26H22ClNO3S2/c1-18-4-2-5-23(16-18)31-15-3-14-30-22-12-6-19(7-13-22)17-24-25(29)28(26(32)33-24)21-10-8-20(27)9-11-21/h2,4-13,16-17H,3,14-15H2,1H3. The lowest BCUT2D eigenvalue weighted by atomic mass is 10.2. The molecule has 33 heavy (non-hydrogen) atoms. The summed E-state index contributed by atoms with van der Waals surface area (Å²) in [7, 11) is 0. The first-order chi connectivity index (χ1) is 16.0. The number of thioether (sulfide) groups is 1. The number of hydrogen-bond donors (Lipinski definition) is 0. The Morgan fingerprint density at radius 1 is 0.970 bits per heavy atom. The zero-order chi connectivity index (χ0) is 23.2. The van der Waals surface area contributed by atoms with Crippen LogP contribution in [0.1, 0.15) is 17.5 Å². The Bertz CT molecular complexity index is 1180. The van der Waals surface area contributed by atoms with Gasteiger partial charge in [0.05, 0.1) is 23.8 Å². The van der Waals surface area contributed by atoms with Gasteiger partial charge in [0.1, 0.15) is 11.5 Å². The summed E-state index contributed by atoms with van der Waals surface area (Å²) in [5, 5.41) is 0.612. The van der Waals surface area contributed by atoms with Gasteiger partial charge in [0, 0.05) is 11.4 Å². The van der Waals surface area contributed by atoms with E-state index < -0.39 is 0 Å². The van der Waals surface area contributed by atoms with E-state index in [0.29, 0.717) is 33.1 Å². The SMILES string of the molecule is Cc1cccc(OCCCOc2ccc(C=C3SC(=S)N(c4ccc(Cl)cc4)C3=O)cc2)c1. The van der Waals surface area contributed by atoms with Crippen LogP contribution >= 0.6 is 35.6 Å². The molecule has 0 N–H and O–H groups in total. The molecule has 3 aromatic rings. The number of benzene rings is 3. The van der Waals surface area contributed by atoms with Crippen molar-refractivity contribution < 1.29 is 14.3 Å². The van der Waals surface area contributed by atoms with Crippen LogP contribution in [0.2, 0.25) is 5.02 Å². The molecular weight excluding hydrogens is 474 g/mol. The number of nitrogens with zero attached hydrogens (tertiary/aromatic N) is 1. The zero-order valence-corrected chi connectivity index (χ0v) is 20.4. The number of anilines is 1. The third-order valence-corrected chi connectivity index (χ3v) is 6.43. The van der Waals surface area contributed by atoms with Crippen LogP contribution in [0.3, 0.4) is 0 Å². The fourth-order valence-corrected chi connectivity index (χ4v) is 4.66. The maximum atomic E-state index is 12.9. The fourth-order valence-electron chi connectivity index (χ4n) is 3.24. The van der Waals surface area contributed by atoms with Crippen LogP contribution in [0.5, 0.6) is 11.5 Å². The largest absolute Gasteiger partial charge is 0.493 e. The van der Waals surface area contributed by atoms with Crippen molar-refractivity contribution in [3.05, 3.63) is 93.9 Å². The van der Waals surface area contributed by atoms with Crippen LogP contribution in [0.25, 0.3) is 6.08 Å². The van der Waals surface area contributed by atoms with E-state index in [1.165, 1.54) is 22.2 Å². The number of carbonyl (C=O) groups is 1. The maximum Gasteiger partial charge on any atom is 0.270 e. The Kier molecular flexibility index (Phi) is 7.70. The molecule has 0 atom stereocenters. The van der Waals surface area contributed by atoms with E-state index in [4.69, 9.17) is 33.3 Å². The predicted molar refractivity (Wildman–Crippen MR) is 140 cm³/mol. The normalized spacial score (nSPS) is 14.7. The predicted octanol–water partition coefficient (Wildman–Crippen LogP) is 6.90. The molecule has 4 rings (SSSR count). The molecule has 3 aromatic carbocycles. The van der Waals surface area contributed by atoms with Gasteiger partial charge in [-0.3, -0.25) is 9.69 Å². The molecule has 0 aromatic heterocycles. The van der Waals surface area contributed by atoms with Gasteiger partial charge in [0.2, 0.25) is 0 Å². The molecule has 0 unspecified atom stereocenters. The molecule has 1 amide bonds. The van der Waals surface area contributed by atoms with Gasteiger partial charge in [0.25, 0.3) is 5.91 Å². The van der Waals surface area contributed by atoms with Gasteiger partial charge in [-0.15, -0.1) is 0 Å². The van der Waals surface area contributed by atoms with Crippen molar-refractivity contribution >= 4 is 57.6 Å². The van der Waals surface area contributed by atoms with E-state index in [1.807, 2.05) is 61.5 Å². The van der Waals surface area contributed by atoms with Crippen LogP contribution in [-0.2, 0) is 4.79 Å². The average Bonchev–Trinajstić information content (AvgIpc) is 3.08. The van der Waals surface area contributed by atoms with Gasteiger partial charge in [-0.1, -0.05) is 59.8 Å². The first-order valence-corrected chi connectivity index (χ1v) is 12.1. The summed E-state index contributed by atoms with van der Waals surface area (Å²) in [5.74, 6) is 1.51. The molecule has 1 fully saturated rings. The first-order valence-electron chi connectivity index (χ1n) is 10.5. The van der Waals surface area contributed by atoms with Crippen molar-refractivity contribution in [3.8, 4) is 11.5 Å². The Balaban J connectivity index is 1.29. The summed E-state index contributed by atoms with van der Waals surface area (Å²) < 4.78 is 12.0. The first kappa shape index (κ1) is 23.4. The number of rotatable bonds is 8. The number of carbonyl (C=O) groups excluding carboxylic acids is 1. The summed E-state index contributed by atoms with van der Waals surface area (Å²) in [6, 6.07) is 22.7. The number of halogens is 1. The molecule has 1 heterocycles. The lowest BCUT2D eigenvalue weighted by Crippen LogP contribution is -2.27. The molecule has 0 aliphatic carbocycles. The highest BCUT2D eigenvalue weighted by atomic mass is 35.5. The minimum atomic E-state index is -0.138. The highest BCUT2D eigenvalue weighted by Crippen LogP contribution is 2.36. The Hall–Kier alpha value is -2.80. The molecule has 0 radical (unpaired) electrons. The van der Waals surface area contributed by atoms with E-state index in [9.17, 15) is 4.79 Å². The van der Waals surface area contributed by atoms with Crippen LogP contribution in [0.15, 0.2) is 77.7 Å². The molecule has 4 nitrogen and oxygen atoms in total. The van der Waals surface area contributed by atoms with Crippen molar-refractivity contribution in [2.24, 2.45) is 0 Å².